The van der Waals surface area contributed by atoms with Crippen molar-refractivity contribution in [2.75, 3.05) is 51.7 Å². The molecular weight excluding hydrogens is 414 g/mol. The number of rotatable bonds is 7. The number of hydrogen-bond acceptors (Lipinski definition) is 7. The predicted octanol–water partition coefficient (Wildman–Crippen LogP) is 1.57. The molecule has 4 rings (SSSR count). The van der Waals surface area contributed by atoms with Crippen molar-refractivity contribution in [3.63, 3.8) is 0 Å². The fraction of sp³-hybridized carbons (Fsp3) is 0.667. The molecule has 0 spiro atoms. The summed E-state index contributed by atoms with van der Waals surface area (Å²) in [5, 5.41) is 4.34. The van der Waals surface area contributed by atoms with Crippen LogP contribution in [0.2, 0.25) is 0 Å². The van der Waals surface area contributed by atoms with Gasteiger partial charge in [0.25, 0.3) is 0 Å². The molecule has 170 valence electrons. The summed E-state index contributed by atoms with van der Waals surface area (Å²) in [7, 11) is 0.438. The quantitative estimate of drug-likeness (QED) is 0.637. The molecule has 4 heterocycles. The van der Waals surface area contributed by atoms with Crippen LogP contribution in [-0.4, -0.2) is 84.2 Å². The van der Waals surface area contributed by atoms with Gasteiger partial charge in [-0.2, -0.15) is 9.40 Å². The lowest BCUT2D eigenvalue weighted by molar-refractivity contribution is 0.315. The van der Waals surface area contributed by atoms with Crippen LogP contribution in [0.5, 0.6) is 0 Å². The minimum Gasteiger partial charge on any atom is -0.341 e. The monoisotopic (exact) mass is 447 g/mol. The van der Waals surface area contributed by atoms with Gasteiger partial charge in [0.05, 0.1) is 11.4 Å². The first-order chi connectivity index (χ1) is 14.8. The Kier molecular flexibility index (Phi) is 6.32. The van der Waals surface area contributed by atoms with Crippen molar-refractivity contribution in [1.82, 2.24) is 29.0 Å². The molecule has 31 heavy (non-hydrogen) atoms. The van der Waals surface area contributed by atoms with E-state index in [1.807, 2.05) is 33.3 Å². The van der Waals surface area contributed by atoms with Gasteiger partial charge in [0, 0.05) is 57.6 Å². The van der Waals surface area contributed by atoms with Crippen LogP contribution < -0.4 is 4.90 Å². The lowest BCUT2D eigenvalue weighted by Gasteiger charge is -2.22. The smallest absolute Gasteiger partial charge is 0.246 e. The zero-order valence-corrected chi connectivity index (χ0v) is 19.7. The van der Waals surface area contributed by atoms with E-state index in [9.17, 15) is 8.42 Å². The van der Waals surface area contributed by atoms with Gasteiger partial charge < -0.3 is 9.80 Å². The van der Waals surface area contributed by atoms with E-state index in [0.717, 1.165) is 44.1 Å². The molecule has 0 radical (unpaired) electrons. The van der Waals surface area contributed by atoms with Crippen LogP contribution in [0.15, 0.2) is 23.4 Å². The Hall–Kier alpha value is -2.04. The number of aromatic nitrogens is 4. The molecule has 2 aromatic heterocycles. The molecule has 0 unspecified atom stereocenters. The van der Waals surface area contributed by atoms with Gasteiger partial charge in [-0.1, -0.05) is 0 Å². The molecule has 0 amide bonds. The zero-order chi connectivity index (χ0) is 22.2. The van der Waals surface area contributed by atoms with E-state index in [1.54, 1.807) is 22.1 Å². The normalized spacial score (nSPS) is 22.7. The van der Waals surface area contributed by atoms with E-state index in [0.29, 0.717) is 30.2 Å². The highest BCUT2D eigenvalue weighted by Crippen LogP contribution is 2.36. The molecule has 0 saturated carbocycles. The maximum atomic E-state index is 13.5. The topological polar surface area (TPSA) is 87.5 Å². The van der Waals surface area contributed by atoms with Gasteiger partial charge in [0.15, 0.2) is 0 Å². The summed E-state index contributed by atoms with van der Waals surface area (Å²) in [5.41, 5.74) is 1.48. The van der Waals surface area contributed by atoms with Crippen molar-refractivity contribution in [3.05, 3.63) is 29.8 Å². The fourth-order valence-electron chi connectivity index (χ4n) is 4.71. The first-order valence-corrected chi connectivity index (χ1v) is 12.5. The van der Waals surface area contributed by atoms with Crippen LogP contribution >= 0.6 is 0 Å². The van der Waals surface area contributed by atoms with E-state index in [4.69, 9.17) is 4.98 Å². The number of aryl methyl sites for hydroxylation is 2. The summed E-state index contributed by atoms with van der Waals surface area (Å²) in [6.45, 7) is 8.02. The van der Waals surface area contributed by atoms with Crippen LogP contribution in [0.1, 0.15) is 37.1 Å². The Balaban J connectivity index is 1.63. The Morgan fingerprint density at radius 2 is 1.94 bits per heavy atom. The molecule has 0 bridgehead atoms. The van der Waals surface area contributed by atoms with Gasteiger partial charge in [-0.25, -0.2) is 18.4 Å². The van der Waals surface area contributed by atoms with Crippen LogP contribution in [0.3, 0.4) is 0 Å². The number of hydrogen-bond donors (Lipinski definition) is 0. The van der Waals surface area contributed by atoms with Gasteiger partial charge in [-0.05, 0) is 52.8 Å². The molecule has 0 N–H and O–H groups in total. The molecule has 2 saturated heterocycles. The Morgan fingerprint density at radius 1 is 1.19 bits per heavy atom. The van der Waals surface area contributed by atoms with Crippen LogP contribution in [0.25, 0.3) is 0 Å². The van der Waals surface area contributed by atoms with Crippen LogP contribution in [-0.2, 0) is 16.6 Å². The van der Waals surface area contributed by atoms with Crippen molar-refractivity contribution >= 4 is 16.0 Å². The Bertz CT molecular complexity index is 1010. The van der Waals surface area contributed by atoms with Crippen molar-refractivity contribution in [2.24, 2.45) is 5.92 Å². The van der Waals surface area contributed by atoms with Crippen LogP contribution in [0, 0.1) is 12.8 Å². The third kappa shape index (κ3) is 4.47. The van der Waals surface area contributed by atoms with Gasteiger partial charge >= 0.3 is 0 Å². The third-order valence-corrected chi connectivity index (χ3v) is 8.22. The lowest BCUT2D eigenvalue weighted by atomic mass is 9.92. The molecular formula is C21H33N7O2S. The predicted molar refractivity (Wildman–Crippen MR) is 120 cm³/mol. The second kappa shape index (κ2) is 8.84. The maximum Gasteiger partial charge on any atom is 0.246 e. The molecule has 2 aromatic rings. The summed E-state index contributed by atoms with van der Waals surface area (Å²) in [4.78, 5) is 14.0. The first kappa shape index (κ1) is 22.2. The van der Waals surface area contributed by atoms with Crippen molar-refractivity contribution in [1.29, 1.82) is 0 Å². The van der Waals surface area contributed by atoms with Gasteiger partial charge in [-0.15, -0.1) is 0 Å². The standard InChI is InChI=1S/C21H33N7O2S/c1-5-27-15-20(16(2)24-27)31(29,30)28-13-17(12-25(3)4)18(14-28)19-8-9-22-21(23-19)26-10-6-7-11-26/h8-9,15,17-18H,5-7,10-14H2,1-4H3/t17-,18-/m1/s1. The second-order valence-electron chi connectivity index (χ2n) is 8.86. The van der Waals surface area contributed by atoms with E-state index in [2.05, 4.69) is 19.9 Å². The largest absolute Gasteiger partial charge is 0.341 e. The summed E-state index contributed by atoms with van der Waals surface area (Å²) in [5.74, 6) is 0.954. The van der Waals surface area contributed by atoms with Gasteiger partial charge in [-0.3, -0.25) is 4.68 Å². The average Bonchev–Trinajstić information content (AvgIpc) is 3.47. The van der Waals surface area contributed by atoms with E-state index >= 15 is 0 Å². The van der Waals surface area contributed by atoms with Crippen molar-refractivity contribution in [2.45, 2.75) is 44.0 Å². The molecule has 2 aliphatic rings. The number of anilines is 1. The van der Waals surface area contributed by atoms with Crippen LogP contribution in [0.4, 0.5) is 5.95 Å². The minimum atomic E-state index is -3.62. The van der Waals surface area contributed by atoms with Gasteiger partial charge in [0.1, 0.15) is 4.90 Å². The fourth-order valence-corrected chi connectivity index (χ4v) is 6.40. The highest BCUT2D eigenvalue weighted by atomic mass is 32.2. The molecule has 0 aliphatic carbocycles. The minimum absolute atomic E-state index is 0.0306. The summed E-state index contributed by atoms with van der Waals surface area (Å²) < 4.78 is 30.3. The molecule has 2 atom stereocenters. The zero-order valence-electron chi connectivity index (χ0n) is 18.9. The SMILES string of the molecule is CCn1cc(S(=O)(=O)N2C[C@@H](CN(C)C)[C@H](c3ccnc(N4CCCC4)n3)C2)c(C)n1. The Labute approximate surface area is 185 Å². The highest BCUT2D eigenvalue weighted by molar-refractivity contribution is 7.89. The second-order valence-corrected chi connectivity index (χ2v) is 10.8. The van der Waals surface area contributed by atoms with E-state index in [1.165, 1.54) is 0 Å². The molecule has 2 aliphatic heterocycles. The molecule has 2 fully saturated rings. The van der Waals surface area contributed by atoms with E-state index < -0.39 is 10.0 Å². The number of nitrogens with zero attached hydrogens (tertiary/aromatic N) is 7. The summed E-state index contributed by atoms with van der Waals surface area (Å²) in [6, 6.07) is 1.95. The molecule has 10 heteroatoms. The molecule has 9 nitrogen and oxygen atoms in total. The van der Waals surface area contributed by atoms with Gasteiger partial charge in [0.2, 0.25) is 16.0 Å². The lowest BCUT2D eigenvalue weighted by Crippen LogP contribution is -2.31. The summed E-state index contributed by atoms with van der Waals surface area (Å²) >= 11 is 0. The first-order valence-electron chi connectivity index (χ1n) is 11.1. The number of sulfonamides is 1. The molecule has 0 aromatic carbocycles. The maximum absolute atomic E-state index is 13.5. The van der Waals surface area contributed by atoms with E-state index in [-0.39, 0.29) is 11.8 Å². The summed E-state index contributed by atoms with van der Waals surface area (Å²) in [6.07, 6.45) is 5.79. The third-order valence-electron chi connectivity index (χ3n) is 6.28. The van der Waals surface area contributed by atoms with Crippen molar-refractivity contribution < 1.29 is 8.42 Å². The van der Waals surface area contributed by atoms with Crippen molar-refractivity contribution in [3.8, 4) is 0 Å². The highest BCUT2D eigenvalue weighted by Gasteiger charge is 2.42. The average molecular weight is 448 g/mol. The Morgan fingerprint density at radius 3 is 2.58 bits per heavy atom.